The molecule has 1 aromatic rings. The highest BCUT2D eigenvalue weighted by Gasteiger charge is 2.21. The highest BCUT2D eigenvalue weighted by Crippen LogP contribution is 2.20. The van der Waals surface area contributed by atoms with Gasteiger partial charge in [0.2, 0.25) is 5.91 Å². The molecule has 2 heterocycles. The quantitative estimate of drug-likeness (QED) is 0.920. The van der Waals surface area contributed by atoms with E-state index in [-0.39, 0.29) is 11.9 Å². The van der Waals surface area contributed by atoms with Crippen molar-refractivity contribution in [1.29, 1.82) is 0 Å². The number of thiophene rings is 1. The minimum absolute atomic E-state index is 0.0826. The molecule has 1 saturated heterocycles. The van der Waals surface area contributed by atoms with Crippen molar-refractivity contribution in [2.45, 2.75) is 52.6 Å². The Morgan fingerprint density at radius 3 is 2.63 bits per heavy atom. The van der Waals surface area contributed by atoms with E-state index in [0.29, 0.717) is 0 Å². The molecule has 0 spiro atoms. The molecule has 106 valence electrons. The Morgan fingerprint density at radius 2 is 2.05 bits per heavy atom. The molecule has 1 atom stereocenters. The van der Waals surface area contributed by atoms with Crippen LogP contribution >= 0.6 is 11.3 Å². The maximum Gasteiger partial charge on any atom is 0.239 e. The maximum absolute atomic E-state index is 12.3. The number of amides is 1. The Bertz CT molecular complexity index is 416. The van der Waals surface area contributed by atoms with Gasteiger partial charge in [0.05, 0.1) is 6.04 Å². The van der Waals surface area contributed by atoms with Gasteiger partial charge in [-0.3, -0.25) is 4.79 Å². The van der Waals surface area contributed by atoms with Crippen LogP contribution in [0, 0.1) is 13.8 Å². The van der Waals surface area contributed by atoms with Gasteiger partial charge >= 0.3 is 0 Å². The van der Waals surface area contributed by atoms with E-state index in [1.807, 2.05) is 23.2 Å². The normalized spacial score (nSPS) is 17.5. The fraction of sp³-hybridized carbons (Fsp3) is 0.667. The molecule has 0 bridgehead atoms. The third-order valence-electron chi connectivity index (χ3n) is 3.84. The second-order valence-electron chi connectivity index (χ2n) is 5.44. The van der Waals surface area contributed by atoms with Gasteiger partial charge < -0.3 is 10.2 Å². The summed E-state index contributed by atoms with van der Waals surface area (Å²) in [7, 11) is 0. The summed E-state index contributed by atoms with van der Waals surface area (Å²) in [6, 6.07) is 2.13. The van der Waals surface area contributed by atoms with Gasteiger partial charge in [0, 0.05) is 29.4 Å². The van der Waals surface area contributed by atoms with Crippen molar-refractivity contribution in [3.05, 3.63) is 21.4 Å². The van der Waals surface area contributed by atoms with Gasteiger partial charge in [0.15, 0.2) is 0 Å². The largest absolute Gasteiger partial charge is 0.341 e. The lowest BCUT2D eigenvalue weighted by Crippen LogP contribution is -2.46. The van der Waals surface area contributed by atoms with Crippen LogP contribution in [0.3, 0.4) is 0 Å². The Labute approximate surface area is 120 Å². The van der Waals surface area contributed by atoms with Crippen LogP contribution in [0.4, 0.5) is 0 Å². The first-order valence-electron chi connectivity index (χ1n) is 7.16. The number of carbonyl (C=O) groups excluding carboxylic acids is 1. The topological polar surface area (TPSA) is 32.3 Å². The molecule has 4 heteroatoms. The maximum atomic E-state index is 12.3. The van der Waals surface area contributed by atoms with E-state index in [2.05, 4.69) is 25.2 Å². The van der Waals surface area contributed by atoms with Crippen LogP contribution < -0.4 is 5.32 Å². The van der Waals surface area contributed by atoms with Gasteiger partial charge in [-0.2, -0.15) is 0 Å². The van der Waals surface area contributed by atoms with Crippen molar-refractivity contribution in [1.82, 2.24) is 10.2 Å². The molecule has 19 heavy (non-hydrogen) atoms. The van der Waals surface area contributed by atoms with Gasteiger partial charge in [-0.25, -0.2) is 0 Å². The molecule has 0 aromatic carbocycles. The summed E-state index contributed by atoms with van der Waals surface area (Å²) in [4.78, 5) is 16.9. The molecule has 1 N–H and O–H groups in total. The smallest absolute Gasteiger partial charge is 0.239 e. The Morgan fingerprint density at radius 1 is 1.37 bits per heavy atom. The average Bonchev–Trinajstić information content (AvgIpc) is 2.75. The Balaban J connectivity index is 1.83. The van der Waals surface area contributed by atoms with E-state index >= 15 is 0 Å². The molecule has 3 nitrogen and oxygen atoms in total. The number of nitrogens with zero attached hydrogens (tertiary/aromatic N) is 1. The third-order valence-corrected chi connectivity index (χ3v) is 4.99. The van der Waals surface area contributed by atoms with Crippen LogP contribution in [0.2, 0.25) is 0 Å². The molecule has 1 aliphatic rings. The molecule has 1 amide bonds. The number of hydrogen-bond donors (Lipinski definition) is 1. The first-order valence-corrected chi connectivity index (χ1v) is 7.97. The summed E-state index contributed by atoms with van der Waals surface area (Å²) < 4.78 is 0. The number of carbonyl (C=O) groups is 1. The summed E-state index contributed by atoms with van der Waals surface area (Å²) in [5, 5.41) is 3.36. The van der Waals surface area contributed by atoms with Crippen molar-refractivity contribution in [2.75, 3.05) is 13.1 Å². The fourth-order valence-corrected chi connectivity index (χ4v) is 3.47. The van der Waals surface area contributed by atoms with E-state index in [0.717, 1.165) is 32.5 Å². The fourth-order valence-electron chi connectivity index (χ4n) is 2.47. The Kier molecular flexibility index (Phi) is 4.99. The lowest BCUT2D eigenvalue weighted by molar-refractivity contribution is -0.133. The number of nitrogens with one attached hydrogen (secondary N) is 1. The van der Waals surface area contributed by atoms with Gasteiger partial charge in [-0.05, 0) is 51.7 Å². The molecule has 0 radical (unpaired) electrons. The van der Waals surface area contributed by atoms with Crippen molar-refractivity contribution >= 4 is 17.2 Å². The average molecular weight is 280 g/mol. The van der Waals surface area contributed by atoms with E-state index in [1.165, 1.54) is 21.7 Å². The highest BCUT2D eigenvalue weighted by molar-refractivity contribution is 7.12. The minimum Gasteiger partial charge on any atom is -0.341 e. The monoisotopic (exact) mass is 280 g/mol. The van der Waals surface area contributed by atoms with Gasteiger partial charge in [-0.15, -0.1) is 11.3 Å². The predicted molar refractivity (Wildman–Crippen MR) is 80.5 cm³/mol. The van der Waals surface area contributed by atoms with Crippen molar-refractivity contribution < 1.29 is 4.79 Å². The van der Waals surface area contributed by atoms with E-state index in [1.54, 1.807) is 0 Å². The van der Waals surface area contributed by atoms with Crippen molar-refractivity contribution in [3.8, 4) is 0 Å². The SMILES string of the molecule is Cc1cc(CNC(C)C(=O)N2CCCCC2)sc1C. The van der Waals surface area contributed by atoms with E-state index in [4.69, 9.17) is 0 Å². The lowest BCUT2D eigenvalue weighted by atomic mass is 10.1. The molecule has 1 fully saturated rings. The van der Waals surface area contributed by atoms with Crippen LogP contribution in [-0.2, 0) is 11.3 Å². The molecule has 0 saturated carbocycles. The summed E-state index contributed by atoms with van der Waals surface area (Å²) in [6.45, 7) is 8.91. The van der Waals surface area contributed by atoms with E-state index in [9.17, 15) is 4.79 Å². The zero-order valence-corrected chi connectivity index (χ0v) is 13.0. The van der Waals surface area contributed by atoms with Gasteiger partial charge in [-0.1, -0.05) is 0 Å². The molecule has 2 rings (SSSR count). The second-order valence-corrected chi connectivity index (χ2v) is 6.78. The zero-order valence-electron chi connectivity index (χ0n) is 12.2. The summed E-state index contributed by atoms with van der Waals surface area (Å²) in [5.74, 6) is 0.254. The van der Waals surface area contributed by atoms with Crippen molar-refractivity contribution in [3.63, 3.8) is 0 Å². The van der Waals surface area contributed by atoms with Gasteiger partial charge in [0.25, 0.3) is 0 Å². The highest BCUT2D eigenvalue weighted by atomic mass is 32.1. The summed E-state index contributed by atoms with van der Waals surface area (Å²) >= 11 is 1.82. The molecule has 1 aliphatic heterocycles. The standard InChI is InChI=1S/C15H24N2OS/c1-11-9-14(19-13(11)3)10-16-12(2)15(18)17-7-5-4-6-8-17/h9,12,16H,4-8,10H2,1-3H3. The van der Waals surface area contributed by atoms with Crippen LogP contribution in [0.5, 0.6) is 0 Å². The lowest BCUT2D eigenvalue weighted by Gasteiger charge is -2.29. The Hall–Kier alpha value is -0.870. The van der Waals surface area contributed by atoms with Gasteiger partial charge in [0.1, 0.15) is 0 Å². The predicted octanol–water partition coefficient (Wildman–Crippen LogP) is 2.86. The zero-order chi connectivity index (χ0) is 13.8. The number of aryl methyl sites for hydroxylation is 2. The first kappa shape index (κ1) is 14.5. The van der Waals surface area contributed by atoms with E-state index < -0.39 is 0 Å². The van der Waals surface area contributed by atoms with Crippen LogP contribution in [0.25, 0.3) is 0 Å². The molecule has 1 unspecified atom stereocenters. The van der Waals surface area contributed by atoms with Crippen molar-refractivity contribution in [2.24, 2.45) is 0 Å². The molecule has 0 aliphatic carbocycles. The third kappa shape index (κ3) is 3.80. The summed E-state index contributed by atoms with van der Waals surface area (Å²) in [6.07, 6.45) is 3.57. The summed E-state index contributed by atoms with van der Waals surface area (Å²) in [5.41, 5.74) is 1.34. The minimum atomic E-state index is -0.0826. The number of hydrogen-bond acceptors (Lipinski definition) is 3. The first-order chi connectivity index (χ1) is 9.08. The number of likely N-dealkylation sites (tertiary alicyclic amines) is 1. The molecular weight excluding hydrogens is 256 g/mol. The van der Waals surface area contributed by atoms with Crippen LogP contribution in [-0.4, -0.2) is 29.9 Å². The second kappa shape index (κ2) is 6.53. The molecule has 1 aromatic heterocycles. The van der Waals surface area contributed by atoms with Crippen LogP contribution in [0.1, 0.15) is 41.5 Å². The van der Waals surface area contributed by atoms with Crippen LogP contribution in [0.15, 0.2) is 6.07 Å². The number of piperidine rings is 1. The molecular formula is C15H24N2OS. The number of rotatable bonds is 4.